The van der Waals surface area contributed by atoms with Gasteiger partial charge in [0.05, 0.1) is 0 Å². The van der Waals surface area contributed by atoms with Crippen molar-refractivity contribution in [3.8, 4) is 0 Å². The molecule has 1 aromatic rings. The molecule has 1 fully saturated rings. The number of hydrazine groups is 1. The van der Waals surface area contributed by atoms with Gasteiger partial charge in [0, 0.05) is 25.8 Å². The van der Waals surface area contributed by atoms with Gasteiger partial charge in [-0.05, 0) is 19.8 Å². The van der Waals surface area contributed by atoms with Crippen molar-refractivity contribution in [2.24, 2.45) is 5.84 Å². The van der Waals surface area contributed by atoms with E-state index in [9.17, 15) is 0 Å². The summed E-state index contributed by atoms with van der Waals surface area (Å²) in [5, 5.41) is 0. The van der Waals surface area contributed by atoms with Gasteiger partial charge in [0.2, 0.25) is 0 Å². The lowest BCUT2D eigenvalue weighted by Gasteiger charge is -2.26. The van der Waals surface area contributed by atoms with Crippen LogP contribution in [0.1, 0.15) is 44.9 Å². The van der Waals surface area contributed by atoms with Crippen molar-refractivity contribution < 1.29 is 4.74 Å². The molecular formula is C14H25N5O. The number of aromatic nitrogens is 2. The summed E-state index contributed by atoms with van der Waals surface area (Å²) in [5.41, 5.74) is 2.62. The highest BCUT2D eigenvalue weighted by molar-refractivity contribution is 5.48. The third kappa shape index (κ3) is 4.31. The second-order valence-electron chi connectivity index (χ2n) is 5.06. The van der Waals surface area contributed by atoms with Crippen LogP contribution in [-0.2, 0) is 11.3 Å². The highest BCUT2D eigenvalue weighted by Crippen LogP contribution is 2.20. The molecule has 0 bridgehead atoms. The fourth-order valence-corrected chi connectivity index (χ4v) is 2.45. The first-order chi connectivity index (χ1) is 9.83. The number of rotatable bonds is 5. The number of ether oxygens (including phenoxy) is 1. The topological polar surface area (TPSA) is 76.3 Å². The normalized spacial score (nSPS) is 16.6. The van der Waals surface area contributed by atoms with Crippen molar-refractivity contribution in [2.45, 2.75) is 45.6 Å². The first-order valence-corrected chi connectivity index (χ1v) is 7.50. The first kappa shape index (κ1) is 15.0. The van der Waals surface area contributed by atoms with E-state index in [1.165, 1.54) is 32.1 Å². The van der Waals surface area contributed by atoms with E-state index in [0.29, 0.717) is 24.9 Å². The molecule has 0 aromatic carbocycles. The summed E-state index contributed by atoms with van der Waals surface area (Å²) in [6, 6.07) is 1.91. The van der Waals surface area contributed by atoms with Gasteiger partial charge in [-0.2, -0.15) is 0 Å². The lowest BCUT2D eigenvalue weighted by molar-refractivity contribution is 0.128. The van der Waals surface area contributed by atoms with Gasteiger partial charge in [-0.25, -0.2) is 15.8 Å². The number of nitrogens with zero attached hydrogens (tertiary/aromatic N) is 3. The summed E-state index contributed by atoms with van der Waals surface area (Å²) in [5.74, 6) is 7.78. The first-order valence-electron chi connectivity index (χ1n) is 7.50. The highest BCUT2D eigenvalue weighted by Gasteiger charge is 2.13. The molecule has 1 aromatic heterocycles. The average Bonchev–Trinajstić information content (AvgIpc) is 2.44. The Kier molecular flexibility index (Phi) is 6.01. The quantitative estimate of drug-likeness (QED) is 0.635. The number of nitrogens with one attached hydrogen (secondary N) is 1. The number of hydrogen-bond donors (Lipinski definition) is 2. The summed E-state index contributed by atoms with van der Waals surface area (Å²) in [4.78, 5) is 11.3. The maximum Gasteiger partial charge on any atom is 0.158 e. The fraction of sp³-hybridized carbons (Fsp3) is 0.714. The van der Waals surface area contributed by atoms with Crippen LogP contribution in [0, 0.1) is 0 Å². The standard InChI is InChI=1S/C14H25N5O/c1-2-20-11-13-16-12(18-15)10-14(17-13)19-8-6-4-3-5-7-9-19/h10H,2-9,11,15H2,1H3,(H,16,17,18). The SMILES string of the molecule is CCOCc1nc(NN)cc(N2CCCCCCC2)n1. The Morgan fingerprint density at radius 1 is 1.20 bits per heavy atom. The van der Waals surface area contributed by atoms with Crippen LogP contribution in [0.15, 0.2) is 6.07 Å². The predicted molar refractivity (Wildman–Crippen MR) is 80.5 cm³/mol. The molecule has 0 atom stereocenters. The van der Waals surface area contributed by atoms with Gasteiger partial charge in [0.15, 0.2) is 5.82 Å². The minimum absolute atomic E-state index is 0.423. The number of anilines is 2. The van der Waals surface area contributed by atoms with Gasteiger partial charge in [-0.15, -0.1) is 0 Å². The largest absolute Gasteiger partial charge is 0.374 e. The van der Waals surface area contributed by atoms with Crippen molar-refractivity contribution in [1.29, 1.82) is 0 Å². The maximum absolute atomic E-state index is 5.50. The lowest BCUT2D eigenvalue weighted by Crippen LogP contribution is -2.28. The van der Waals surface area contributed by atoms with Crippen molar-refractivity contribution in [1.82, 2.24) is 9.97 Å². The van der Waals surface area contributed by atoms with Gasteiger partial charge in [-0.1, -0.05) is 19.3 Å². The van der Waals surface area contributed by atoms with Crippen LogP contribution in [0.3, 0.4) is 0 Å². The Morgan fingerprint density at radius 2 is 1.90 bits per heavy atom. The summed E-state index contributed by atoms with van der Waals surface area (Å²) in [7, 11) is 0. The Hall–Kier alpha value is -1.40. The molecule has 1 aliphatic heterocycles. The number of nitrogens with two attached hydrogens (primary N) is 1. The maximum atomic E-state index is 5.50. The molecule has 3 N–H and O–H groups in total. The molecule has 2 rings (SSSR count). The second kappa shape index (κ2) is 8.01. The van der Waals surface area contributed by atoms with E-state index in [1.54, 1.807) is 0 Å². The van der Waals surface area contributed by atoms with Crippen LogP contribution in [-0.4, -0.2) is 29.7 Å². The number of nitrogen functional groups attached to an aromatic ring is 1. The Balaban J connectivity index is 2.14. The third-order valence-corrected chi connectivity index (χ3v) is 3.52. The molecule has 0 spiro atoms. The molecule has 1 aliphatic rings. The number of hydrogen-bond acceptors (Lipinski definition) is 6. The zero-order valence-corrected chi connectivity index (χ0v) is 12.3. The van der Waals surface area contributed by atoms with E-state index in [4.69, 9.17) is 10.6 Å². The molecule has 0 unspecified atom stereocenters. The van der Waals surface area contributed by atoms with Crippen LogP contribution in [0.2, 0.25) is 0 Å². The van der Waals surface area contributed by atoms with Gasteiger partial charge in [-0.3, -0.25) is 0 Å². The Bertz CT molecular complexity index is 405. The van der Waals surface area contributed by atoms with E-state index in [1.807, 2.05) is 13.0 Å². The fourth-order valence-electron chi connectivity index (χ4n) is 2.45. The zero-order valence-electron chi connectivity index (χ0n) is 12.3. The predicted octanol–water partition coefficient (Wildman–Crippen LogP) is 2.07. The molecule has 112 valence electrons. The molecule has 0 amide bonds. The zero-order chi connectivity index (χ0) is 14.2. The monoisotopic (exact) mass is 279 g/mol. The van der Waals surface area contributed by atoms with Crippen molar-refractivity contribution in [3.63, 3.8) is 0 Å². The van der Waals surface area contributed by atoms with Gasteiger partial charge in [0.1, 0.15) is 18.2 Å². The van der Waals surface area contributed by atoms with E-state index >= 15 is 0 Å². The Labute approximate surface area is 120 Å². The molecule has 0 radical (unpaired) electrons. The van der Waals surface area contributed by atoms with Gasteiger partial charge < -0.3 is 15.1 Å². The highest BCUT2D eigenvalue weighted by atomic mass is 16.5. The van der Waals surface area contributed by atoms with Crippen LogP contribution in [0.4, 0.5) is 11.6 Å². The average molecular weight is 279 g/mol. The minimum Gasteiger partial charge on any atom is -0.374 e. The third-order valence-electron chi connectivity index (χ3n) is 3.52. The summed E-state index contributed by atoms with van der Waals surface area (Å²) in [6.45, 7) is 5.14. The minimum atomic E-state index is 0.423. The van der Waals surface area contributed by atoms with E-state index in [2.05, 4.69) is 20.3 Å². The summed E-state index contributed by atoms with van der Waals surface area (Å²) in [6.07, 6.45) is 6.39. The molecule has 0 aliphatic carbocycles. The molecule has 6 nitrogen and oxygen atoms in total. The molecule has 20 heavy (non-hydrogen) atoms. The molecule has 2 heterocycles. The smallest absolute Gasteiger partial charge is 0.158 e. The molecule has 1 saturated heterocycles. The van der Waals surface area contributed by atoms with Crippen molar-refractivity contribution in [3.05, 3.63) is 11.9 Å². The molecule has 0 saturated carbocycles. The van der Waals surface area contributed by atoms with Crippen LogP contribution >= 0.6 is 0 Å². The Morgan fingerprint density at radius 3 is 2.55 bits per heavy atom. The summed E-state index contributed by atoms with van der Waals surface area (Å²) < 4.78 is 5.39. The van der Waals surface area contributed by atoms with E-state index in [0.717, 1.165) is 18.9 Å². The van der Waals surface area contributed by atoms with Crippen molar-refractivity contribution >= 4 is 11.6 Å². The van der Waals surface area contributed by atoms with Crippen LogP contribution in [0.25, 0.3) is 0 Å². The second-order valence-corrected chi connectivity index (χ2v) is 5.06. The van der Waals surface area contributed by atoms with Gasteiger partial charge in [0.25, 0.3) is 0 Å². The summed E-state index contributed by atoms with van der Waals surface area (Å²) >= 11 is 0. The van der Waals surface area contributed by atoms with E-state index < -0.39 is 0 Å². The van der Waals surface area contributed by atoms with Crippen LogP contribution < -0.4 is 16.2 Å². The lowest BCUT2D eigenvalue weighted by atomic mass is 10.1. The van der Waals surface area contributed by atoms with E-state index in [-0.39, 0.29) is 0 Å². The van der Waals surface area contributed by atoms with Gasteiger partial charge >= 0.3 is 0 Å². The molecular weight excluding hydrogens is 254 g/mol. The molecule has 6 heteroatoms. The van der Waals surface area contributed by atoms with Crippen LogP contribution in [0.5, 0.6) is 0 Å². The van der Waals surface area contributed by atoms with Crippen molar-refractivity contribution in [2.75, 3.05) is 30.0 Å².